The fourth-order valence-electron chi connectivity index (χ4n) is 2.13. The van der Waals surface area contributed by atoms with E-state index >= 15 is 0 Å². The third-order valence-electron chi connectivity index (χ3n) is 3.67. The van der Waals surface area contributed by atoms with E-state index < -0.39 is 0 Å². The predicted octanol–water partition coefficient (Wildman–Crippen LogP) is 2.09. The molecule has 1 aromatic carbocycles. The van der Waals surface area contributed by atoms with Crippen LogP contribution in [0, 0.1) is 5.92 Å². The van der Waals surface area contributed by atoms with Crippen LogP contribution in [0.3, 0.4) is 0 Å². The lowest BCUT2D eigenvalue weighted by molar-refractivity contribution is -0.120. The fraction of sp³-hybridized carbons (Fsp3) is 0.562. The molecule has 1 atom stereocenters. The zero-order valence-corrected chi connectivity index (χ0v) is 12.9. The number of carbonyl (C=O) groups excluding carboxylic acids is 1. The molecule has 1 aromatic rings. The van der Waals surface area contributed by atoms with Crippen molar-refractivity contribution in [3.8, 4) is 0 Å². The average molecular weight is 277 g/mol. The van der Waals surface area contributed by atoms with Crippen LogP contribution in [0.5, 0.6) is 0 Å². The Labute approximate surface area is 122 Å². The molecular formula is C16H27N3O. The van der Waals surface area contributed by atoms with E-state index in [2.05, 4.69) is 43.2 Å². The lowest BCUT2D eigenvalue weighted by Crippen LogP contribution is -2.31. The maximum absolute atomic E-state index is 11.2. The fourth-order valence-corrected chi connectivity index (χ4v) is 2.13. The van der Waals surface area contributed by atoms with Gasteiger partial charge in [0.2, 0.25) is 5.91 Å². The minimum atomic E-state index is -0.162. The average Bonchev–Trinajstić information content (AvgIpc) is 2.48. The summed E-state index contributed by atoms with van der Waals surface area (Å²) >= 11 is 0. The molecule has 0 heterocycles. The number of benzene rings is 1. The molecule has 0 spiro atoms. The SMILES string of the molecule is CCC(C)CN(CC)Cc1ccc(CC(=O)NN)cc1. The van der Waals surface area contributed by atoms with Crippen molar-refractivity contribution in [2.24, 2.45) is 11.8 Å². The summed E-state index contributed by atoms with van der Waals surface area (Å²) in [6.45, 7) is 9.87. The summed E-state index contributed by atoms with van der Waals surface area (Å²) in [4.78, 5) is 13.7. The van der Waals surface area contributed by atoms with Gasteiger partial charge in [-0.25, -0.2) is 5.84 Å². The van der Waals surface area contributed by atoms with Gasteiger partial charge in [0.1, 0.15) is 0 Å². The third-order valence-corrected chi connectivity index (χ3v) is 3.67. The number of hydrogen-bond donors (Lipinski definition) is 2. The van der Waals surface area contributed by atoms with E-state index in [0.29, 0.717) is 6.42 Å². The molecule has 0 aliphatic carbocycles. The highest BCUT2D eigenvalue weighted by molar-refractivity contribution is 5.77. The van der Waals surface area contributed by atoms with E-state index in [1.807, 2.05) is 12.1 Å². The Kier molecular flexibility index (Phi) is 7.26. The Morgan fingerprint density at radius 3 is 2.35 bits per heavy atom. The standard InChI is InChI=1S/C16H27N3O/c1-4-13(3)11-19(5-2)12-15-8-6-14(7-9-15)10-16(20)18-17/h6-9,13H,4-5,10-12,17H2,1-3H3,(H,18,20). The first kappa shape index (κ1) is 16.7. The Morgan fingerprint density at radius 1 is 1.25 bits per heavy atom. The maximum atomic E-state index is 11.2. The summed E-state index contributed by atoms with van der Waals surface area (Å²) in [5.41, 5.74) is 4.42. The minimum absolute atomic E-state index is 0.162. The molecule has 0 bridgehead atoms. The summed E-state index contributed by atoms with van der Waals surface area (Å²) in [7, 11) is 0. The van der Waals surface area contributed by atoms with Gasteiger partial charge >= 0.3 is 0 Å². The first-order valence-electron chi connectivity index (χ1n) is 7.38. The third kappa shape index (κ3) is 5.72. The molecule has 0 aliphatic rings. The molecule has 0 saturated carbocycles. The van der Waals surface area contributed by atoms with Crippen molar-refractivity contribution >= 4 is 5.91 Å². The second-order valence-corrected chi connectivity index (χ2v) is 5.40. The zero-order valence-electron chi connectivity index (χ0n) is 12.9. The number of hydrazine groups is 1. The van der Waals surface area contributed by atoms with Gasteiger partial charge in [-0.3, -0.25) is 15.1 Å². The summed E-state index contributed by atoms with van der Waals surface area (Å²) in [6.07, 6.45) is 1.55. The second-order valence-electron chi connectivity index (χ2n) is 5.40. The molecule has 0 saturated heterocycles. The molecular weight excluding hydrogens is 250 g/mol. The van der Waals surface area contributed by atoms with Crippen molar-refractivity contribution in [1.82, 2.24) is 10.3 Å². The van der Waals surface area contributed by atoms with Crippen molar-refractivity contribution < 1.29 is 4.79 Å². The van der Waals surface area contributed by atoms with E-state index in [1.54, 1.807) is 0 Å². The van der Waals surface area contributed by atoms with Crippen LogP contribution in [0.1, 0.15) is 38.3 Å². The van der Waals surface area contributed by atoms with Crippen molar-refractivity contribution in [3.63, 3.8) is 0 Å². The summed E-state index contributed by atoms with van der Waals surface area (Å²) in [5, 5.41) is 0. The summed E-state index contributed by atoms with van der Waals surface area (Å²) in [6, 6.07) is 8.19. The van der Waals surface area contributed by atoms with Gasteiger partial charge in [-0.2, -0.15) is 0 Å². The Balaban J connectivity index is 2.57. The molecule has 1 rings (SSSR count). The van der Waals surface area contributed by atoms with Gasteiger partial charge in [-0.05, 0) is 23.6 Å². The Hall–Kier alpha value is -1.39. The minimum Gasteiger partial charge on any atom is -0.299 e. The van der Waals surface area contributed by atoms with E-state index in [0.717, 1.165) is 31.1 Å². The van der Waals surface area contributed by atoms with Crippen LogP contribution >= 0.6 is 0 Å². The molecule has 3 N–H and O–H groups in total. The summed E-state index contributed by atoms with van der Waals surface area (Å²) in [5.74, 6) is 5.65. The van der Waals surface area contributed by atoms with E-state index in [1.165, 1.54) is 12.0 Å². The Bertz CT molecular complexity index is 403. The topological polar surface area (TPSA) is 58.4 Å². The van der Waals surface area contributed by atoms with E-state index in [-0.39, 0.29) is 5.91 Å². The largest absolute Gasteiger partial charge is 0.299 e. The van der Waals surface area contributed by atoms with Crippen LogP contribution in [0.2, 0.25) is 0 Å². The molecule has 4 heteroatoms. The van der Waals surface area contributed by atoms with Gasteiger partial charge in [0, 0.05) is 13.1 Å². The molecule has 20 heavy (non-hydrogen) atoms. The highest BCUT2D eigenvalue weighted by Gasteiger charge is 2.08. The lowest BCUT2D eigenvalue weighted by Gasteiger charge is -2.23. The second kappa shape index (κ2) is 8.72. The number of hydrogen-bond acceptors (Lipinski definition) is 3. The van der Waals surface area contributed by atoms with Crippen molar-refractivity contribution in [2.75, 3.05) is 13.1 Å². The van der Waals surface area contributed by atoms with Gasteiger partial charge in [-0.1, -0.05) is 51.5 Å². The Morgan fingerprint density at radius 2 is 1.85 bits per heavy atom. The molecule has 0 radical (unpaired) electrons. The first-order valence-corrected chi connectivity index (χ1v) is 7.38. The van der Waals surface area contributed by atoms with Gasteiger partial charge in [0.05, 0.1) is 6.42 Å². The van der Waals surface area contributed by atoms with Crippen LogP contribution in [0.4, 0.5) is 0 Å². The van der Waals surface area contributed by atoms with Gasteiger partial charge < -0.3 is 0 Å². The molecule has 112 valence electrons. The molecule has 0 aliphatic heterocycles. The quantitative estimate of drug-likeness (QED) is 0.434. The lowest BCUT2D eigenvalue weighted by atomic mass is 10.1. The van der Waals surface area contributed by atoms with Crippen LogP contribution in [-0.4, -0.2) is 23.9 Å². The maximum Gasteiger partial charge on any atom is 0.238 e. The number of amides is 1. The molecule has 4 nitrogen and oxygen atoms in total. The number of nitrogens with one attached hydrogen (secondary N) is 1. The van der Waals surface area contributed by atoms with Crippen LogP contribution in [0.25, 0.3) is 0 Å². The van der Waals surface area contributed by atoms with Crippen LogP contribution < -0.4 is 11.3 Å². The highest BCUT2D eigenvalue weighted by atomic mass is 16.2. The molecule has 0 aromatic heterocycles. The summed E-state index contributed by atoms with van der Waals surface area (Å²) < 4.78 is 0. The molecule has 0 fully saturated rings. The highest BCUT2D eigenvalue weighted by Crippen LogP contribution is 2.11. The number of nitrogens with zero attached hydrogens (tertiary/aromatic N) is 1. The van der Waals surface area contributed by atoms with Crippen molar-refractivity contribution in [3.05, 3.63) is 35.4 Å². The number of rotatable bonds is 8. The molecule has 1 amide bonds. The normalized spacial score (nSPS) is 12.4. The predicted molar refractivity (Wildman–Crippen MR) is 82.9 cm³/mol. The van der Waals surface area contributed by atoms with Crippen LogP contribution in [-0.2, 0) is 17.8 Å². The van der Waals surface area contributed by atoms with Crippen molar-refractivity contribution in [2.45, 2.75) is 40.2 Å². The number of nitrogens with two attached hydrogens (primary N) is 1. The van der Waals surface area contributed by atoms with E-state index in [4.69, 9.17) is 5.84 Å². The van der Waals surface area contributed by atoms with Gasteiger partial charge in [0.25, 0.3) is 0 Å². The monoisotopic (exact) mass is 277 g/mol. The first-order chi connectivity index (χ1) is 9.58. The van der Waals surface area contributed by atoms with Crippen LogP contribution in [0.15, 0.2) is 24.3 Å². The smallest absolute Gasteiger partial charge is 0.238 e. The van der Waals surface area contributed by atoms with Gasteiger partial charge in [-0.15, -0.1) is 0 Å². The molecule has 1 unspecified atom stereocenters. The van der Waals surface area contributed by atoms with Crippen molar-refractivity contribution in [1.29, 1.82) is 0 Å². The van der Waals surface area contributed by atoms with Gasteiger partial charge in [0.15, 0.2) is 0 Å². The number of carbonyl (C=O) groups is 1. The van der Waals surface area contributed by atoms with E-state index in [9.17, 15) is 4.79 Å². The zero-order chi connectivity index (χ0) is 15.0.